The van der Waals surface area contributed by atoms with Gasteiger partial charge in [-0.15, -0.1) is 0 Å². The van der Waals surface area contributed by atoms with Crippen molar-refractivity contribution in [1.29, 1.82) is 0 Å². The average molecular weight is 283 g/mol. The first-order chi connectivity index (χ1) is 10.3. The normalized spacial score (nSPS) is 14.1. The number of nitrogens with zero attached hydrogens (tertiary/aromatic N) is 1. The van der Waals surface area contributed by atoms with E-state index in [1.807, 2.05) is 6.07 Å². The maximum absolute atomic E-state index is 5.90. The summed E-state index contributed by atoms with van der Waals surface area (Å²) in [6.07, 6.45) is 0.0356. The van der Waals surface area contributed by atoms with Crippen LogP contribution < -0.4 is 0 Å². The molecule has 0 amide bonds. The Labute approximate surface area is 128 Å². The monoisotopic (exact) mass is 283 g/mol. The standard InChI is InChI=1S/C19H25NO/c1-4-20(5-2)18(16-12-8-6-9-13-16)19(21-3)17-14-10-7-11-15-17/h6-15,18-19H,4-5H2,1-3H3/t18-,19-/m1/s1. The van der Waals surface area contributed by atoms with Gasteiger partial charge in [0.15, 0.2) is 0 Å². The summed E-state index contributed by atoms with van der Waals surface area (Å²) >= 11 is 0. The Morgan fingerprint density at radius 2 is 1.29 bits per heavy atom. The molecule has 2 atom stereocenters. The van der Waals surface area contributed by atoms with Gasteiger partial charge >= 0.3 is 0 Å². The number of ether oxygens (including phenoxy) is 1. The molecule has 0 spiro atoms. The van der Waals surface area contributed by atoms with Crippen LogP contribution in [-0.4, -0.2) is 25.1 Å². The second kappa shape index (κ2) is 7.96. The van der Waals surface area contributed by atoms with Crippen molar-refractivity contribution in [2.45, 2.75) is 26.0 Å². The molecule has 0 bridgehead atoms. The number of benzene rings is 2. The summed E-state index contributed by atoms with van der Waals surface area (Å²) in [5.74, 6) is 0. The van der Waals surface area contributed by atoms with Crippen molar-refractivity contribution in [3.05, 3.63) is 71.8 Å². The molecule has 2 aromatic rings. The van der Waals surface area contributed by atoms with E-state index in [-0.39, 0.29) is 12.1 Å². The highest BCUT2D eigenvalue weighted by Crippen LogP contribution is 2.36. The lowest BCUT2D eigenvalue weighted by atomic mass is 9.94. The van der Waals surface area contributed by atoms with E-state index in [9.17, 15) is 0 Å². The molecule has 21 heavy (non-hydrogen) atoms. The van der Waals surface area contributed by atoms with E-state index in [4.69, 9.17) is 4.74 Å². The van der Waals surface area contributed by atoms with Gasteiger partial charge in [-0.05, 0) is 24.2 Å². The van der Waals surface area contributed by atoms with E-state index in [1.165, 1.54) is 11.1 Å². The van der Waals surface area contributed by atoms with Crippen molar-refractivity contribution >= 4 is 0 Å². The quantitative estimate of drug-likeness (QED) is 0.744. The van der Waals surface area contributed by atoms with Crippen molar-refractivity contribution in [2.24, 2.45) is 0 Å². The van der Waals surface area contributed by atoms with Gasteiger partial charge in [-0.2, -0.15) is 0 Å². The van der Waals surface area contributed by atoms with Crippen LogP contribution in [0, 0.1) is 0 Å². The molecule has 2 rings (SSSR count). The number of likely N-dealkylation sites (N-methyl/N-ethyl adjacent to an activating group) is 1. The molecule has 0 aliphatic heterocycles. The van der Waals surface area contributed by atoms with E-state index >= 15 is 0 Å². The Balaban J connectivity index is 2.42. The lowest BCUT2D eigenvalue weighted by Gasteiger charge is -2.35. The lowest BCUT2D eigenvalue weighted by Crippen LogP contribution is -2.33. The molecule has 2 aromatic carbocycles. The van der Waals surface area contributed by atoms with Crippen LogP contribution in [0.3, 0.4) is 0 Å². The molecular formula is C19H25NO. The maximum atomic E-state index is 5.90. The van der Waals surface area contributed by atoms with Crippen molar-refractivity contribution in [1.82, 2.24) is 4.90 Å². The molecular weight excluding hydrogens is 258 g/mol. The van der Waals surface area contributed by atoms with Gasteiger partial charge in [0.2, 0.25) is 0 Å². The maximum Gasteiger partial charge on any atom is 0.102 e. The van der Waals surface area contributed by atoms with Crippen molar-refractivity contribution in [3.8, 4) is 0 Å². The van der Waals surface area contributed by atoms with Crippen LogP contribution >= 0.6 is 0 Å². The van der Waals surface area contributed by atoms with Crippen LogP contribution in [0.2, 0.25) is 0 Å². The third-order valence-corrected chi connectivity index (χ3v) is 4.02. The second-order valence-electron chi connectivity index (χ2n) is 5.14. The zero-order chi connectivity index (χ0) is 15.1. The number of rotatable bonds is 7. The van der Waals surface area contributed by atoms with E-state index in [2.05, 4.69) is 73.3 Å². The molecule has 2 heteroatoms. The molecule has 0 saturated heterocycles. The summed E-state index contributed by atoms with van der Waals surface area (Å²) in [6.45, 7) is 6.42. The first-order valence-electron chi connectivity index (χ1n) is 7.68. The second-order valence-corrected chi connectivity index (χ2v) is 5.14. The Bertz CT molecular complexity index is 508. The van der Waals surface area contributed by atoms with Crippen molar-refractivity contribution in [3.63, 3.8) is 0 Å². The molecule has 0 N–H and O–H groups in total. The van der Waals surface area contributed by atoms with Gasteiger partial charge in [0.05, 0.1) is 6.04 Å². The van der Waals surface area contributed by atoms with E-state index in [0.29, 0.717) is 0 Å². The number of hydrogen-bond donors (Lipinski definition) is 0. The predicted molar refractivity (Wildman–Crippen MR) is 88.3 cm³/mol. The van der Waals surface area contributed by atoms with Gasteiger partial charge in [-0.3, -0.25) is 4.90 Å². The highest BCUT2D eigenvalue weighted by atomic mass is 16.5. The Kier molecular flexibility index (Phi) is 5.97. The summed E-state index contributed by atoms with van der Waals surface area (Å²) in [5, 5.41) is 0. The summed E-state index contributed by atoms with van der Waals surface area (Å²) < 4.78 is 5.90. The zero-order valence-electron chi connectivity index (χ0n) is 13.2. The summed E-state index contributed by atoms with van der Waals surface area (Å²) in [7, 11) is 1.80. The molecule has 0 radical (unpaired) electrons. The molecule has 0 saturated carbocycles. The van der Waals surface area contributed by atoms with Crippen molar-refractivity contribution in [2.75, 3.05) is 20.2 Å². The van der Waals surface area contributed by atoms with E-state index in [1.54, 1.807) is 7.11 Å². The van der Waals surface area contributed by atoms with Crippen LogP contribution in [0.4, 0.5) is 0 Å². The largest absolute Gasteiger partial charge is 0.375 e. The van der Waals surface area contributed by atoms with Crippen molar-refractivity contribution < 1.29 is 4.74 Å². The van der Waals surface area contributed by atoms with Gasteiger partial charge < -0.3 is 4.74 Å². The molecule has 0 aliphatic carbocycles. The third-order valence-electron chi connectivity index (χ3n) is 4.02. The summed E-state index contributed by atoms with van der Waals surface area (Å²) in [5.41, 5.74) is 2.53. The predicted octanol–water partition coefficient (Wildman–Crippen LogP) is 4.46. The first-order valence-corrected chi connectivity index (χ1v) is 7.68. The van der Waals surface area contributed by atoms with E-state index in [0.717, 1.165) is 13.1 Å². The van der Waals surface area contributed by atoms with Gasteiger partial charge in [0.1, 0.15) is 6.10 Å². The van der Waals surface area contributed by atoms with Gasteiger partial charge in [0, 0.05) is 7.11 Å². The Morgan fingerprint density at radius 3 is 1.71 bits per heavy atom. The molecule has 0 fully saturated rings. The van der Waals surface area contributed by atoms with Crippen LogP contribution in [0.15, 0.2) is 60.7 Å². The fourth-order valence-electron chi connectivity index (χ4n) is 2.93. The number of methoxy groups -OCH3 is 1. The fraction of sp³-hybridized carbons (Fsp3) is 0.368. The summed E-state index contributed by atoms with van der Waals surface area (Å²) in [6, 6.07) is 21.4. The summed E-state index contributed by atoms with van der Waals surface area (Å²) in [4.78, 5) is 2.45. The average Bonchev–Trinajstić information content (AvgIpc) is 2.57. The minimum atomic E-state index is 0.0356. The van der Waals surface area contributed by atoms with Crippen LogP contribution in [-0.2, 0) is 4.74 Å². The highest BCUT2D eigenvalue weighted by molar-refractivity contribution is 5.26. The van der Waals surface area contributed by atoms with Crippen LogP contribution in [0.1, 0.15) is 37.1 Å². The topological polar surface area (TPSA) is 12.5 Å². The third kappa shape index (κ3) is 3.72. The fourth-order valence-corrected chi connectivity index (χ4v) is 2.93. The van der Waals surface area contributed by atoms with E-state index < -0.39 is 0 Å². The Hall–Kier alpha value is -1.64. The van der Waals surface area contributed by atoms with Crippen LogP contribution in [0.5, 0.6) is 0 Å². The van der Waals surface area contributed by atoms with Gasteiger partial charge in [0.25, 0.3) is 0 Å². The van der Waals surface area contributed by atoms with Crippen LogP contribution in [0.25, 0.3) is 0 Å². The first kappa shape index (κ1) is 15.7. The Morgan fingerprint density at radius 1 is 0.810 bits per heavy atom. The zero-order valence-corrected chi connectivity index (χ0v) is 13.2. The molecule has 0 heterocycles. The molecule has 0 aliphatic rings. The minimum absolute atomic E-state index is 0.0356. The van der Waals surface area contributed by atoms with Gasteiger partial charge in [-0.25, -0.2) is 0 Å². The highest BCUT2D eigenvalue weighted by Gasteiger charge is 2.28. The molecule has 2 nitrogen and oxygen atoms in total. The van der Waals surface area contributed by atoms with Gasteiger partial charge in [-0.1, -0.05) is 74.5 Å². The number of hydrogen-bond acceptors (Lipinski definition) is 2. The molecule has 112 valence electrons. The SMILES string of the molecule is CCN(CC)[C@H](c1ccccc1)[C@H](OC)c1ccccc1. The molecule has 0 unspecified atom stereocenters. The lowest BCUT2D eigenvalue weighted by molar-refractivity contribution is 0.0148. The smallest absolute Gasteiger partial charge is 0.102 e. The minimum Gasteiger partial charge on any atom is -0.375 e. The molecule has 0 aromatic heterocycles.